The van der Waals surface area contributed by atoms with Crippen molar-refractivity contribution in [2.45, 2.75) is 12.6 Å². The summed E-state index contributed by atoms with van der Waals surface area (Å²) in [6.07, 6.45) is 0.0695. The molecule has 5 rings (SSSR count). The molecule has 1 aromatic heterocycles. The zero-order valence-corrected chi connectivity index (χ0v) is 15.0. The van der Waals surface area contributed by atoms with Gasteiger partial charge in [0, 0.05) is 30.2 Å². The number of imidazole rings is 1. The number of ether oxygens (including phenoxy) is 2. The van der Waals surface area contributed by atoms with Gasteiger partial charge in [0.15, 0.2) is 29.4 Å². The first-order chi connectivity index (χ1) is 14.0. The molecule has 0 saturated heterocycles. The van der Waals surface area contributed by atoms with Crippen molar-refractivity contribution in [2.24, 2.45) is 10.7 Å². The number of rotatable bonds is 2. The van der Waals surface area contributed by atoms with Crippen molar-refractivity contribution in [2.75, 3.05) is 18.5 Å². The van der Waals surface area contributed by atoms with Gasteiger partial charge in [-0.2, -0.15) is 0 Å². The first kappa shape index (κ1) is 17.1. The molecule has 0 spiro atoms. The SMILES string of the molecule is NC1=NC(c2ccc(O)c([N+](=O)[O-])c2)n2c(nc3cc4c(cc32)OCCCO4)N1. The molecule has 0 aliphatic carbocycles. The maximum absolute atomic E-state index is 11.2. The van der Waals surface area contributed by atoms with Gasteiger partial charge in [-0.05, 0) is 6.07 Å². The topological polar surface area (TPSA) is 150 Å². The first-order valence-corrected chi connectivity index (χ1v) is 8.90. The predicted octanol–water partition coefficient (Wildman–Crippen LogP) is 2.10. The lowest BCUT2D eigenvalue weighted by Gasteiger charge is -2.24. The summed E-state index contributed by atoms with van der Waals surface area (Å²) in [5, 5.41) is 23.9. The van der Waals surface area contributed by atoms with Crippen LogP contribution in [0.3, 0.4) is 0 Å². The molecular formula is C18H16N6O5. The lowest BCUT2D eigenvalue weighted by Crippen LogP contribution is -2.31. The fourth-order valence-electron chi connectivity index (χ4n) is 3.49. The van der Waals surface area contributed by atoms with E-state index in [9.17, 15) is 15.2 Å². The number of benzene rings is 2. The van der Waals surface area contributed by atoms with Crippen LogP contribution in [0.25, 0.3) is 11.0 Å². The number of hydrogen-bond acceptors (Lipinski definition) is 9. The number of aliphatic imine (C=N–C) groups is 1. The van der Waals surface area contributed by atoms with E-state index in [4.69, 9.17) is 15.2 Å². The molecule has 0 radical (unpaired) electrons. The number of fused-ring (bicyclic) bond motifs is 4. The lowest BCUT2D eigenvalue weighted by molar-refractivity contribution is -0.385. The molecule has 3 heterocycles. The van der Waals surface area contributed by atoms with Crippen LogP contribution in [-0.2, 0) is 0 Å². The number of nitro benzene ring substituents is 1. The van der Waals surface area contributed by atoms with Gasteiger partial charge in [-0.1, -0.05) is 6.07 Å². The van der Waals surface area contributed by atoms with Crippen molar-refractivity contribution in [3.8, 4) is 17.2 Å². The Morgan fingerprint density at radius 2 is 2.00 bits per heavy atom. The number of aromatic nitrogens is 2. The second-order valence-corrected chi connectivity index (χ2v) is 6.66. The molecule has 11 heteroatoms. The third-order valence-corrected chi connectivity index (χ3v) is 4.80. The molecule has 2 aliphatic heterocycles. The van der Waals surface area contributed by atoms with Gasteiger partial charge in [-0.25, -0.2) is 9.98 Å². The van der Waals surface area contributed by atoms with Gasteiger partial charge >= 0.3 is 5.69 Å². The molecule has 1 unspecified atom stereocenters. The standard InChI is InChI=1S/C18H16N6O5/c19-17-21-16(9-2-3-13(25)12(6-9)24(26)27)23-11-8-15-14(28-4-1-5-29-15)7-10(11)20-18(23)22-17/h2-3,6-8,16,25H,1,4-5H2,(H3,19,20,21,22). The van der Waals surface area contributed by atoms with Crippen LogP contribution < -0.4 is 20.5 Å². The van der Waals surface area contributed by atoms with E-state index in [1.807, 2.05) is 6.07 Å². The van der Waals surface area contributed by atoms with E-state index in [1.165, 1.54) is 12.1 Å². The molecule has 2 aliphatic rings. The predicted molar refractivity (Wildman–Crippen MR) is 103 cm³/mol. The second-order valence-electron chi connectivity index (χ2n) is 6.66. The molecule has 29 heavy (non-hydrogen) atoms. The van der Waals surface area contributed by atoms with Crippen LogP contribution in [0.15, 0.2) is 35.3 Å². The number of phenols is 1. The fraction of sp³-hybridized carbons (Fsp3) is 0.222. The maximum atomic E-state index is 11.2. The number of guanidine groups is 1. The Bertz CT molecular complexity index is 1190. The summed E-state index contributed by atoms with van der Waals surface area (Å²) in [7, 11) is 0. The molecular weight excluding hydrogens is 380 g/mol. The van der Waals surface area contributed by atoms with E-state index in [-0.39, 0.29) is 5.96 Å². The zero-order chi connectivity index (χ0) is 20.1. The first-order valence-electron chi connectivity index (χ1n) is 8.90. The number of nitro groups is 1. The van der Waals surface area contributed by atoms with E-state index >= 15 is 0 Å². The average Bonchev–Trinajstić information content (AvgIpc) is 2.87. The molecule has 2 aromatic carbocycles. The molecule has 4 N–H and O–H groups in total. The Kier molecular flexibility index (Phi) is 3.69. The van der Waals surface area contributed by atoms with E-state index in [0.717, 1.165) is 6.42 Å². The number of nitrogens with zero attached hydrogens (tertiary/aromatic N) is 4. The highest BCUT2D eigenvalue weighted by Gasteiger charge is 2.28. The number of nitrogens with two attached hydrogens (primary N) is 1. The summed E-state index contributed by atoms with van der Waals surface area (Å²) >= 11 is 0. The normalized spacial score (nSPS) is 17.8. The number of anilines is 1. The summed E-state index contributed by atoms with van der Waals surface area (Å²) in [5.41, 5.74) is 7.33. The lowest BCUT2D eigenvalue weighted by atomic mass is 10.1. The van der Waals surface area contributed by atoms with Crippen molar-refractivity contribution in [3.05, 3.63) is 46.0 Å². The Morgan fingerprint density at radius 3 is 2.76 bits per heavy atom. The Balaban J connectivity index is 1.70. The largest absolute Gasteiger partial charge is 0.502 e. The Morgan fingerprint density at radius 1 is 1.24 bits per heavy atom. The summed E-state index contributed by atoms with van der Waals surface area (Å²) < 4.78 is 13.3. The van der Waals surface area contributed by atoms with Crippen LogP contribution in [0.1, 0.15) is 18.2 Å². The van der Waals surface area contributed by atoms with E-state index in [1.54, 1.807) is 16.7 Å². The molecule has 0 amide bonds. The smallest absolute Gasteiger partial charge is 0.311 e. The van der Waals surface area contributed by atoms with Gasteiger partial charge in [-0.15, -0.1) is 0 Å². The van der Waals surface area contributed by atoms with Crippen LogP contribution in [0.2, 0.25) is 0 Å². The highest BCUT2D eigenvalue weighted by atomic mass is 16.6. The monoisotopic (exact) mass is 396 g/mol. The molecule has 1 atom stereocenters. The van der Waals surface area contributed by atoms with Crippen molar-refractivity contribution in [1.29, 1.82) is 0 Å². The van der Waals surface area contributed by atoms with Gasteiger partial charge in [0.05, 0.1) is 29.2 Å². The van der Waals surface area contributed by atoms with Crippen LogP contribution >= 0.6 is 0 Å². The number of phenolic OH excluding ortho intramolecular Hbond substituents is 1. The Hall–Kier alpha value is -4.02. The third kappa shape index (κ3) is 2.74. The van der Waals surface area contributed by atoms with Gasteiger partial charge in [0.25, 0.3) is 0 Å². The number of nitrogens with one attached hydrogen (secondary N) is 1. The minimum atomic E-state index is -0.708. The van der Waals surface area contributed by atoms with Crippen molar-refractivity contribution in [3.63, 3.8) is 0 Å². The Labute approximate surface area is 163 Å². The quantitative estimate of drug-likeness (QED) is 0.440. The van der Waals surface area contributed by atoms with E-state index in [2.05, 4.69) is 15.3 Å². The van der Waals surface area contributed by atoms with Crippen molar-refractivity contribution < 1.29 is 19.5 Å². The maximum Gasteiger partial charge on any atom is 0.311 e. The van der Waals surface area contributed by atoms with Gasteiger partial charge in [-0.3, -0.25) is 20.0 Å². The highest BCUT2D eigenvalue weighted by Crippen LogP contribution is 2.40. The third-order valence-electron chi connectivity index (χ3n) is 4.80. The fourth-order valence-corrected chi connectivity index (χ4v) is 3.49. The number of hydrogen-bond donors (Lipinski definition) is 3. The van der Waals surface area contributed by atoms with Gasteiger partial charge in [0.2, 0.25) is 5.95 Å². The molecule has 3 aromatic rings. The minimum Gasteiger partial charge on any atom is -0.502 e. The van der Waals surface area contributed by atoms with Crippen LogP contribution in [-0.4, -0.2) is 38.8 Å². The van der Waals surface area contributed by atoms with Crippen LogP contribution in [0.5, 0.6) is 17.2 Å². The zero-order valence-electron chi connectivity index (χ0n) is 15.0. The average molecular weight is 396 g/mol. The minimum absolute atomic E-state index is 0.127. The van der Waals surface area contributed by atoms with E-state index in [0.29, 0.717) is 47.3 Å². The molecule has 11 nitrogen and oxygen atoms in total. The molecule has 0 saturated carbocycles. The van der Waals surface area contributed by atoms with Gasteiger partial charge < -0.3 is 20.3 Å². The van der Waals surface area contributed by atoms with Crippen LogP contribution in [0, 0.1) is 10.1 Å². The van der Waals surface area contributed by atoms with E-state index < -0.39 is 22.5 Å². The summed E-state index contributed by atoms with van der Waals surface area (Å²) in [5.74, 6) is 1.35. The molecule has 148 valence electrons. The summed E-state index contributed by atoms with van der Waals surface area (Å²) in [6.45, 7) is 1.09. The highest BCUT2D eigenvalue weighted by molar-refractivity contribution is 5.95. The molecule has 0 fully saturated rings. The van der Waals surface area contributed by atoms with Crippen LogP contribution in [0.4, 0.5) is 11.6 Å². The molecule has 0 bridgehead atoms. The van der Waals surface area contributed by atoms with Crippen molar-refractivity contribution in [1.82, 2.24) is 9.55 Å². The number of aromatic hydroxyl groups is 1. The second kappa shape index (κ2) is 6.26. The van der Waals surface area contributed by atoms with Crippen molar-refractivity contribution >= 4 is 28.6 Å². The summed E-state index contributed by atoms with van der Waals surface area (Å²) in [6, 6.07) is 7.71. The van der Waals surface area contributed by atoms with Gasteiger partial charge in [0.1, 0.15) is 0 Å². The summed E-state index contributed by atoms with van der Waals surface area (Å²) in [4.78, 5) is 19.6.